The minimum absolute atomic E-state index is 0.762. The number of benzene rings is 1. The standard InChI is InChI=1S/C23H29N/c1-8-9-10-18(3)21(6)23-12-11-22(16-20(23)5)19(4)15-17(2)13-14-24-7/h8-14,16,24H,2,4,6,15H2,1,3,5,7H3/b9-8-,14-13-,18-10-. The molecule has 1 aromatic rings. The lowest BCUT2D eigenvalue weighted by Crippen LogP contribution is -1.94. The van der Waals surface area contributed by atoms with Crippen LogP contribution in [0.25, 0.3) is 11.1 Å². The number of allylic oxidation sites excluding steroid dienone is 8. The molecule has 1 nitrogen and oxygen atoms in total. The molecule has 0 bridgehead atoms. The van der Waals surface area contributed by atoms with Gasteiger partial charge in [0.2, 0.25) is 0 Å². The largest absolute Gasteiger partial charge is 0.394 e. The Kier molecular flexibility index (Phi) is 7.77. The molecule has 24 heavy (non-hydrogen) atoms. The van der Waals surface area contributed by atoms with E-state index in [0.717, 1.165) is 28.7 Å². The molecule has 0 atom stereocenters. The lowest BCUT2D eigenvalue weighted by Gasteiger charge is -2.13. The molecule has 1 N–H and O–H groups in total. The van der Waals surface area contributed by atoms with Gasteiger partial charge in [-0.3, -0.25) is 0 Å². The highest BCUT2D eigenvalue weighted by molar-refractivity contribution is 5.80. The summed E-state index contributed by atoms with van der Waals surface area (Å²) in [6.07, 6.45) is 10.8. The Balaban J connectivity index is 2.95. The summed E-state index contributed by atoms with van der Waals surface area (Å²) in [6, 6.07) is 6.44. The molecule has 0 heterocycles. The number of nitrogens with one attached hydrogen (secondary N) is 1. The summed E-state index contributed by atoms with van der Waals surface area (Å²) in [5.74, 6) is 0. The molecule has 0 spiro atoms. The van der Waals surface area contributed by atoms with E-state index in [0.29, 0.717) is 0 Å². The molecule has 0 saturated carbocycles. The van der Waals surface area contributed by atoms with Crippen molar-refractivity contribution in [2.45, 2.75) is 27.2 Å². The van der Waals surface area contributed by atoms with Gasteiger partial charge in [-0.2, -0.15) is 0 Å². The number of rotatable bonds is 8. The third-order valence-corrected chi connectivity index (χ3v) is 3.90. The van der Waals surface area contributed by atoms with E-state index in [-0.39, 0.29) is 0 Å². The highest BCUT2D eigenvalue weighted by Gasteiger charge is 2.07. The van der Waals surface area contributed by atoms with Gasteiger partial charge in [-0.25, -0.2) is 0 Å². The third-order valence-electron chi connectivity index (χ3n) is 3.90. The second-order valence-electron chi connectivity index (χ2n) is 5.94. The molecular formula is C23H29N. The first kappa shape index (κ1) is 19.5. The van der Waals surface area contributed by atoms with Crippen LogP contribution in [0.4, 0.5) is 0 Å². The van der Waals surface area contributed by atoms with Crippen LogP contribution in [0.5, 0.6) is 0 Å². The molecule has 0 fully saturated rings. The summed E-state index contributed by atoms with van der Waals surface area (Å²) < 4.78 is 0. The lowest BCUT2D eigenvalue weighted by atomic mass is 9.92. The summed E-state index contributed by atoms with van der Waals surface area (Å²) in [6.45, 7) is 18.7. The van der Waals surface area contributed by atoms with Crippen molar-refractivity contribution in [3.05, 3.63) is 96.3 Å². The SMILES string of the molecule is C=C(/C=C\NC)CC(=C)c1ccc(C(=C)/C(C)=C\C=C/C)c(C)c1. The Morgan fingerprint density at radius 2 is 1.92 bits per heavy atom. The van der Waals surface area contributed by atoms with Crippen molar-refractivity contribution in [1.82, 2.24) is 5.32 Å². The molecule has 126 valence electrons. The predicted octanol–water partition coefficient (Wildman–Crippen LogP) is 6.22. The Hall–Kier alpha value is -2.54. The van der Waals surface area contributed by atoms with Gasteiger partial charge >= 0.3 is 0 Å². The van der Waals surface area contributed by atoms with Gasteiger partial charge in [-0.15, -0.1) is 0 Å². The maximum absolute atomic E-state index is 4.24. The molecule has 0 aliphatic heterocycles. The van der Waals surface area contributed by atoms with Crippen molar-refractivity contribution in [2.24, 2.45) is 0 Å². The van der Waals surface area contributed by atoms with Crippen LogP contribution < -0.4 is 5.32 Å². The average Bonchev–Trinajstić information content (AvgIpc) is 2.56. The van der Waals surface area contributed by atoms with Gasteiger partial charge < -0.3 is 5.32 Å². The summed E-state index contributed by atoms with van der Waals surface area (Å²) in [4.78, 5) is 0. The summed E-state index contributed by atoms with van der Waals surface area (Å²) >= 11 is 0. The van der Waals surface area contributed by atoms with Crippen molar-refractivity contribution >= 4 is 11.1 Å². The number of hydrogen-bond acceptors (Lipinski definition) is 1. The summed E-state index contributed by atoms with van der Waals surface area (Å²) in [5, 5.41) is 2.97. The molecule has 0 aliphatic rings. The van der Waals surface area contributed by atoms with E-state index >= 15 is 0 Å². The molecule has 0 radical (unpaired) electrons. The Morgan fingerprint density at radius 3 is 2.50 bits per heavy atom. The normalized spacial score (nSPS) is 11.9. The van der Waals surface area contributed by atoms with E-state index in [2.05, 4.69) is 63.2 Å². The van der Waals surface area contributed by atoms with Crippen LogP contribution in [0, 0.1) is 6.92 Å². The van der Waals surface area contributed by atoms with Crippen molar-refractivity contribution < 1.29 is 0 Å². The molecule has 0 aliphatic carbocycles. The second kappa shape index (κ2) is 9.57. The zero-order chi connectivity index (χ0) is 18.1. The smallest absolute Gasteiger partial charge is 0.00277 e. The first-order chi connectivity index (χ1) is 11.4. The van der Waals surface area contributed by atoms with E-state index < -0.39 is 0 Å². The second-order valence-corrected chi connectivity index (χ2v) is 5.94. The first-order valence-electron chi connectivity index (χ1n) is 8.20. The fourth-order valence-electron chi connectivity index (χ4n) is 2.41. The highest BCUT2D eigenvalue weighted by Crippen LogP contribution is 2.28. The lowest BCUT2D eigenvalue weighted by molar-refractivity contribution is 1.10. The molecule has 0 amide bonds. The topological polar surface area (TPSA) is 12.0 Å². The summed E-state index contributed by atoms with van der Waals surface area (Å²) in [7, 11) is 1.88. The molecular weight excluding hydrogens is 290 g/mol. The van der Waals surface area contributed by atoms with Crippen LogP contribution in [0.15, 0.2) is 79.6 Å². The van der Waals surface area contributed by atoms with E-state index in [1.807, 2.05) is 38.4 Å². The van der Waals surface area contributed by atoms with Crippen molar-refractivity contribution in [3.8, 4) is 0 Å². The van der Waals surface area contributed by atoms with Crippen LogP contribution in [0.2, 0.25) is 0 Å². The Labute approximate surface area is 147 Å². The first-order valence-corrected chi connectivity index (χ1v) is 8.20. The van der Waals surface area contributed by atoms with Gasteiger partial charge in [0, 0.05) is 7.05 Å². The van der Waals surface area contributed by atoms with Crippen LogP contribution in [0.1, 0.15) is 37.0 Å². The van der Waals surface area contributed by atoms with Crippen LogP contribution >= 0.6 is 0 Å². The zero-order valence-corrected chi connectivity index (χ0v) is 15.4. The Morgan fingerprint density at radius 1 is 1.21 bits per heavy atom. The van der Waals surface area contributed by atoms with E-state index in [1.54, 1.807) is 0 Å². The van der Waals surface area contributed by atoms with E-state index in [1.165, 1.54) is 16.7 Å². The number of aryl methyl sites for hydroxylation is 1. The van der Waals surface area contributed by atoms with E-state index in [9.17, 15) is 0 Å². The minimum Gasteiger partial charge on any atom is -0.394 e. The molecule has 0 aromatic heterocycles. The summed E-state index contributed by atoms with van der Waals surface area (Å²) in [5.41, 5.74) is 7.88. The molecule has 1 rings (SSSR count). The fourth-order valence-corrected chi connectivity index (χ4v) is 2.41. The monoisotopic (exact) mass is 319 g/mol. The van der Waals surface area contributed by atoms with Crippen molar-refractivity contribution in [1.29, 1.82) is 0 Å². The zero-order valence-electron chi connectivity index (χ0n) is 15.4. The maximum atomic E-state index is 4.24. The quantitative estimate of drug-likeness (QED) is 0.561. The van der Waals surface area contributed by atoms with Gasteiger partial charge in [0.1, 0.15) is 0 Å². The average molecular weight is 319 g/mol. The van der Waals surface area contributed by atoms with Gasteiger partial charge in [0.25, 0.3) is 0 Å². The van der Waals surface area contributed by atoms with E-state index in [4.69, 9.17) is 0 Å². The maximum Gasteiger partial charge on any atom is 0.00277 e. The van der Waals surface area contributed by atoms with Gasteiger partial charge in [0.15, 0.2) is 0 Å². The minimum atomic E-state index is 0.762. The third kappa shape index (κ3) is 5.58. The number of hydrogen-bond donors (Lipinski definition) is 1. The van der Waals surface area contributed by atoms with Crippen LogP contribution in [0.3, 0.4) is 0 Å². The Bertz CT molecular complexity index is 712. The highest BCUT2D eigenvalue weighted by atomic mass is 14.8. The van der Waals surface area contributed by atoms with Gasteiger partial charge in [-0.1, -0.05) is 56.2 Å². The van der Waals surface area contributed by atoms with Crippen molar-refractivity contribution in [2.75, 3.05) is 7.05 Å². The molecule has 1 aromatic carbocycles. The fraction of sp³-hybridized carbons (Fsp3) is 0.217. The molecule has 0 unspecified atom stereocenters. The van der Waals surface area contributed by atoms with Gasteiger partial charge in [-0.05, 0) is 78.5 Å². The van der Waals surface area contributed by atoms with Crippen molar-refractivity contribution in [3.63, 3.8) is 0 Å². The predicted molar refractivity (Wildman–Crippen MR) is 110 cm³/mol. The molecule has 1 heteroatoms. The van der Waals surface area contributed by atoms with Gasteiger partial charge in [0.05, 0.1) is 0 Å². The molecule has 0 saturated heterocycles. The van der Waals surface area contributed by atoms with Crippen LogP contribution in [-0.4, -0.2) is 7.05 Å². The van der Waals surface area contributed by atoms with Crippen LogP contribution in [-0.2, 0) is 0 Å².